The summed E-state index contributed by atoms with van der Waals surface area (Å²) in [5.41, 5.74) is 1.32. The number of fused-ring (bicyclic) bond motifs is 1. The van der Waals surface area contributed by atoms with Crippen LogP contribution in [-0.4, -0.2) is 49.6 Å². The van der Waals surface area contributed by atoms with Gasteiger partial charge in [0.05, 0.1) is 39.9 Å². The molecule has 12 heteroatoms. The number of anilines is 2. The molecule has 2 atom stereocenters. The first-order valence-corrected chi connectivity index (χ1v) is 13.5. The van der Waals surface area contributed by atoms with Gasteiger partial charge in [0.25, 0.3) is 0 Å². The van der Waals surface area contributed by atoms with Crippen LogP contribution in [0.15, 0.2) is 42.6 Å². The molecule has 0 saturated carbocycles. The standard InChI is InChI=1S/C25H22ClFN4O4S2/c26-15-9-13(16(27)11-18(15)30-25-29-17-3-1-2-4-20(17)37-25)10-21(33)31-8-7-19(32)23(31)24-28-12-14(36-24)5-6-22(34)35/h1-4,9,11-12,19,23,32H,5-8,10H2,(H,29,30)(H,34,35)/t19-,23-/m0/s1. The number of rotatable bonds is 8. The van der Waals surface area contributed by atoms with Gasteiger partial charge in [-0.1, -0.05) is 35.1 Å². The molecule has 1 aliphatic heterocycles. The molecule has 3 N–H and O–H groups in total. The van der Waals surface area contributed by atoms with Crippen LogP contribution in [0.5, 0.6) is 0 Å². The number of aryl methyl sites for hydroxylation is 1. The Hall–Kier alpha value is -3.12. The first-order chi connectivity index (χ1) is 17.8. The molecule has 4 aromatic rings. The molecule has 0 radical (unpaired) electrons. The van der Waals surface area contributed by atoms with Crippen molar-refractivity contribution in [3.8, 4) is 0 Å². The van der Waals surface area contributed by atoms with E-state index >= 15 is 4.39 Å². The number of hydrogen-bond acceptors (Lipinski definition) is 8. The second-order valence-corrected chi connectivity index (χ2v) is 11.2. The van der Waals surface area contributed by atoms with Crippen molar-refractivity contribution < 1.29 is 24.2 Å². The number of nitrogens with zero attached hydrogens (tertiary/aromatic N) is 3. The highest BCUT2D eigenvalue weighted by Gasteiger charge is 2.39. The third-order valence-electron chi connectivity index (χ3n) is 6.11. The summed E-state index contributed by atoms with van der Waals surface area (Å²) in [5, 5.41) is 23.9. The number of likely N-dealkylation sites (tertiary alicyclic amines) is 1. The molecule has 37 heavy (non-hydrogen) atoms. The lowest BCUT2D eigenvalue weighted by atomic mass is 10.1. The number of carboxylic acid groups (broad SMARTS) is 1. The van der Waals surface area contributed by atoms with Gasteiger partial charge in [0.2, 0.25) is 5.91 Å². The molecule has 5 rings (SSSR count). The molecule has 3 heterocycles. The largest absolute Gasteiger partial charge is 0.481 e. The molecule has 1 saturated heterocycles. The second-order valence-electron chi connectivity index (χ2n) is 8.66. The maximum Gasteiger partial charge on any atom is 0.303 e. The zero-order chi connectivity index (χ0) is 26.1. The van der Waals surface area contributed by atoms with Crippen LogP contribution in [0.3, 0.4) is 0 Å². The number of aliphatic carboxylic acids is 1. The zero-order valence-corrected chi connectivity index (χ0v) is 21.7. The fraction of sp³-hybridized carbons (Fsp3) is 0.280. The highest BCUT2D eigenvalue weighted by Crippen LogP contribution is 2.37. The van der Waals surface area contributed by atoms with Crippen molar-refractivity contribution in [1.29, 1.82) is 0 Å². The summed E-state index contributed by atoms with van der Waals surface area (Å²) in [6, 6.07) is 9.66. The molecule has 2 aromatic heterocycles. The Labute approximate surface area is 224 Å². The van der Waals surface area contributed by atoms with Crippen molar-refractivity contribution in [2.45, 2.75) is 37.8 Å². The van der Waals surface area contributed by atoms with Gasteiger partial charge in [-0.05, 0) is 42.7 Å². The number of para-hydroxylation sites is 1. The Morgan fingerprint density at radius 1 is 1.24 bits per heavy atom. The summed E-state index contributed by atoms with van der Waals surface area (Å²) >= 11 is 9.13. The summed E-state index contributed by atoms with van der Waals surface area (Å²) in [6.45, 7) is 0.307. The molecule has 0 bridgehead atoms. The van der Waals surface area contributed by atoms with E-state index in [-0.39, 0.29) is 29.3 Å². The van der Waals surface area contributed by atoms with Crippen LogP contribution in [0.25, 0.3) is 10.2 Å². The summed E-state index contributed by atoms with van der Waals surface area (Å²) in [4.78, 5) is 35.1. The van der Waals surface area contributed by atoms with Crippen molar-refractivity contribution in [2.75, 3.05) is 11.9 Å². The minimum absolute atomic E-state index is 0.0264. The number of hydrogen-bond donors (Lipinski definition) is 3. The lowest BCUT2D eigenvalue weighted by Gasteiger charge is -2.25. The molecule has 0 spiro atoms. The maximum atomic E-state index is 15.0. The predicted octanol–water partition coefficient (Wildman–Crippen LogP) is 5.18. The highest BCUT2D eigenvalue weighted by molar-refractivity contribution is 7.22. The number of thiazole rings is 2. The van der Waals surface area contributed by atoms with Gasteiger partial charge in [0, 0.05) is 17.6 Å². The zero-order valence-electron chi connectivity index (χ0n) is 19.4. The van der Waals surface area contributed by atoms with E-state index in [0.717, 1.165) is 15.1 Å². The van der Waals surface area contributed by atoms with Gasteiger partial charge < -0.3 is 20.4 Å². The number of halogens is 2. The molecule has 1 amide bonds. The normalized spacial score (nSPS) is 17.4. The number of carbonyl (C=O) groups is 2. The van der Waals surface area contributed by atoms with E-state index in [4.69, 9.17) is 16.7 Å². The fourth-order valence-electron chi connectivity index (χ4n) is 4.28. The molecule has 0 aliphatic carbocycles. The first-order valence-electron chi connectivity index (χ1n) is 11.5. The molecule has 0 unspecified atom stereocenters. The topological polar surface area (TPSA) is 116 Å². The third-order valence-corrected chi connectivity index (χ3v) is 8.50. The van der Waals surface area contributed by atoms with Gasteiger partial charge in [0.15, 0.2) is 5.13 Å². The second kappa shape index (κ2) is 10.7. The fourth-order valence-corrected chi connectivity index (χ4v) is 6.48. The van der Waals surface area contributed by atoms with Gasteiger partial charge in [-0.2, -0.15) is 0 Å². The van der Waals surface area contributed by atoms with Crippen LogP contribution in [-0.2, 0) is 22.4 Å². The van der Waals surface area contributed by atoms with Crippen molar-refractivity contribution in [3.05, 3.63) is 68.9 Å². The molecule has 192 valence electrons. The SMILES string of the molecule is O=C(O)CCc1cnc([C@@H]2[C@@H](O)CCN2C(=O)Cc2cc(Cl)c(Nc3nc4ccccc4s3)cc2F)s1. The van der Waals surface area contributed by atoms with E-state index in [2.05, 4.69) is 15.3 Å². The summed E-state index contributed by atoms with van der Waals surface area (Å²) in [6.07, 6.45) is 1.21. The van der Waals surface area contributed by atoms with Crippen LogP contribution >= 0.6 is 34.3 Å². The van der Waals surface area contributed by atoms with Gasteiger partial charge >= 0.3 is 5.97 Å². The van der Waals surface area contributed by atoms with Crippen LogP contribution in [0.4, 0.5) is 15.2 Å². The Morgan fingerprint density at radius 2 is 2.05 bits per heavy atom. The van der Waals surface area contributed by atoms with Crippen LogP contribution < -0.4 is 5.32 Å². The minimum Gasteiger partial charge on any atom is -0.481 e. The van der Waals surface area contributed by atoms with Crippen molar-refractivity contribution >= 4 is 67.2 Å². The lowest BCUT2D eigenvalue weighted by Crippen LogP contribution is -2.34. The number of aliphatic hydroxyl groups is 1. The van der Waals surface area contributed by atoms with Crippen molar-refractivity contribution in [2.24, 2.45) is 0 Å². The molecule has 1 fully saturated rings. The number of carboxylic acids is 1. The predicted molar refractivity (Wildman–Crippen MR) is 141 cm³/mol. The Morgan fingerprint density at radius 3 is 2.84 bits per heavy atom. The summed E-state index contributed by atoms with van der Waals surface area (Å²) in [5.74, 6) is -1.84. The average molecular weight is 561 g/mol. The minimum atomic E-state index is -0.908. The summed E-state index contributed by atoms with van der Waals surface area (Å²) in [7, 11) is 0. The quantitative estimate of drug-likeness (QED) is 0.272. The number of amides is 1. The first kappa shape index (κ1) is 25.5. The average Bonchev–Trinajstić information content (AvgIpc) is 3.58. The van der Waals surface area contributed by atoms with Crippen LogP contribution in [0.2, 0.25) is 5.02 Å². The smallest absolute Gasteiger partial charge is 0.303 e. The van der Waals surface area contributed by atoms with Crippen LogP contribution in [0.1, 0.15) is 34.3 Å². The Balaban J connectivity index is 1.30. The highest BCUT2D eigenvalue weighted by atomic mass is 35.5. The van der Waals surface area contributed by atoms with E-state index in [9.17, 15) is 14.7 Å². The maximum absolute atomic E-state index is 15.0. The Bertz CT molecular complexity index is 1440. The molecular weight excluding hydrogens is 539 g/mol. The third kappa shape index (κ3) is 5.59. The van der Waals surface area contributed by atoms with E-state index in [1.165, 1.54) is 39.7 Å². The number of nitrogens with one attached hydrogen (secondary N) is 1. The Kier molecular flexibility index (Phi) is 7.38. The lowest BCUT2D eigenvalue weighted by molar-refractivity contribution is -0.137. The van der Waals surface area contributed by atoms with E-state index in [0.29, 0.717) is 35.2 Å². The van der Waals surface area contributed by atoms with Crippen molar-refractivity contribution in [1.82, 2.24) is 14.9 Å². The van der Waals surface area contributed by atoms with Crippen molar-refractivity contribution in [3.63, 3.8) is 0 Å². The number of carbonyl (C=O) groups excluding carboxylic acids is 1. The molecule has 1 aliphatic rings. The molecular formula is C25H22ClFN4O4S2. The van der Waals surface area contributed by atoms with E-state index in [1.807, 2.05) is 24.3 Å². The number of benzene rings is 2. The number of aliphatic hydroxyl groups excluding tert-OH is 1. The number of aromatic nitrogens is 2. The molecule has 8 nitrogen and oxygen atoms in total. The van der Waals surface area contributed by atoms with Gasteiger partial charge in [-0.15, -0.1) is 11.3 Å². The van der Waals surface area contributed by atoms with Gasteiger partial charge in [0.1, 0.15) is 16.9 Å². The van der Waals surface area contributed by atoms with E-state index in [1.54, 1.807) is 6.20 Å². The van der Waals surface area contributed by atoms with Gasteiger partial charge in [-0.3, -0.25) is 9.59 Å². The van der Waals surface area contributed by atoms with E-state index < -0.39 is 23.9 Å². The van der Waals surface area contributed by atoms with Gasteiger partial charge in [-0.25, -0.2) is 14.4 Å². The van der Waals surface area contributed by atoms with Crippen LogP contribution in [0, 0.1) is 5.82 Å². The monoisotopic (exact) mass is 560 g/mol. The molecule has 2 aromatic carbocycles. The summed E-state index contributed by atoms with van der Waals surface area (Å²) < 4.78 is 16.0.